The van der Waals surface area contributed by atoms with Gasteiger partial charge in [0.15, 0.2) is 17.2 Å². The van der Waals surface area contributed by atoms with E-state index in [0.717, 1.165) is 24.9 Å². The highest BCUT2D eigenvalue weighted by atomic mass is 16.5. The van der Waals surface area contributed by atoms with Crippen LogP contribution in [0.3, 0.4) is 0 Å². The molecule has 3 rings (SSSR count). The summed E-state index contributed by atoms with van der Waals surface area (Å²) in [7, 11) is 3.20. The van der Waals surface area contributed by atoms with E-state index in [0.29, 0.717) is 49.0 Å². The van der Waals surface area contributed by atoms with Crippen molar-refractivity contribution in [1.29, 1.82) is 0 Å². The molecule has 0 unspecified atom stereocenters. The molecular formula is C23H33N5O4. The number of amides is 2. The maximum Gasteiger partial charge on any atom is 0.273 e. The fourth-order valence-electron chi connectivity index (χ4n) is 3.79. The molecule has 2 heterocycles. The molecule has 9 heteroatoms. The first-order valence-electron chi connectivity index (χ1n) is 11.1. The van der Waals surface area contributed by atoms with Gasteiger partial charge in [0.05, 0.1) is 26.5 Å². The number of hydrogen-bond acceptors (Lipinski definition) is 6. The maximum atomic E-state index is 12.8. The molecule has 1 aromatic heterocycles. The van der Waals surface area contributed by atoms with Crippen LogP contribution in [-0.2, 0) is 11.2 Å². The van der Waals surface area contributed by atoms with Crippen LogP contribution in [0.1, 0.15) is 55.2 Å². The number of nitrogens with zero attached hydrogens (tertiary/aromatic N) is 4. The number of nitrogens with one attached hydrogen (secondary N) is 1. The zero-order valence-electron chi connectivity index (χ0n) is 19.3. The van der Waals surface area contributed by atoms with Gasteiger partial charge < -0.3 is 19.7 Å². The number of piperidine rings is 1. The monoisotopic (exact) mass is 443 g/mol. The molecule has 0 radical (unpaired) electrons. The van der Waals surface area contributed by atoms with E-state index in [1.54, 1.807) is 25.1 Å². The van der Waals surface area contributed by atoms with Crippen LogP contribution in [0.25, 0.3) is 0 Å². The highest BCUT2D eigenvalue weighted by Gasteiger charge is 2.26. The largest absolute Gasteiger partial charge is 0.493 e. The highest BCUT2D eigenvalue weighted by Crippen LogP contribution is 2.28. The third-order valence-electron chi connectivity index (χ3n) is 5.61. The zero-order valence-corrected chi connectivity index (χ0v) is 19.3. The number of carbonyl (C=O) groups is 2. The highest BCUT2D eigenvalue weighted by molar-refractivity contribution is 5.91. The molecule has 1 N–H and O–H groups in total. The lowest BCUT2D eigenvalue weighted by Gasteiger charge is -2.32. The fourth-order valence-corrected chi connectivity index (χ4v) is 3.79. The maximum absolute atomic E-state index is 12.8. The molecule has 32 heavy (non-hydrogen) atoms. The van der Waals surface area contributed by atoms with Gasteiger partial charge in [0, 0.05) is 26.1 Å². The summed E-state index contributed by atoms with van der Waals surface area (Å²) in [6, 6.07) is 5.74. The molecule has 0 aliphatic carbocycles. The molecule has 0 bridgehead atoms. The van der Waals surface area contributed by atoms with Crippen LogP contribution in [0, 0.1) is 5.92 Å². The minimum absolute atomic E-state index is 0.0212. The van der Waals surface area contributed by atoms with Crippen LogP contribution >= 0.6 is 0 Å². The van der Waals surface area contributed by atoms with E-state index in [1.165, 1.54) is 0 Å². The fraction of sp³-hybridized carbons (Fsp3) is 0.565. The van der Waals surface area contributed by atoms with Gasteiger partial charge in [-0.05, 0) is 42.9 Å². The van der Waals surface area contributed by atoms with E-state index in [9.17, 15) is 9.59 Å². The predicted molar refractivity (Wildman–Crippen MR) is 120 cm³/mol. The minimum Gasteiger partial charge on any atom is -0.493 e. The summed E-state index contributed by atoms with van der Waals surface area (Å²) in [6.45, 7) is 5.97. The third-order valence-corrected chi connectivity index (χ3v) is 5.61. The summed E-state index contributed by atoms with van der Waals surface area (Å²) in [4.78, 5) is 26.9. The molecule has 1 fully saturated rings. The van der Waals surface area contributed by atoms with E-state index in [4.69, 9.17) is 9.47 Å². The van der Waals surface area contributed by atoms with Gasteiger partial charge in [-0.1, -0.05) is 25.1 Å². The number of rotatable bonds is 9. The van der Waals surface area contributed by atoms with Gasteiger partial charge in [-0.2, -0.15) is 0 Å². The Morgan fingerprint density at radius 3 is 2.72 bits per heavy atom. The Kier molecular flexibility index (Phi) is 8.08. The zero-order chi connectivity index (χ0) is 23.1. The van der Waals surface area contributed by atoms with Crippen molar-refractivity contribution in [3.8, 4) is 11.5 Å². The average molecular weight is 444 g/mol. The lowest BCUT2D eigenvalue weighted by atomic mass is 10.0. The quantitative estimate of drug-likeness (QED) is 0.639. The van der Waals surface area contributed by atoms with E-state index in [-0.39, 0.29) is 17.9 Å². The molecule has 2 amide bonds. The summed E-state index contributed by atoms with van der Waals surface area (Å²) in [5.74, 6) is 1.59. The standard InChI is InChI=1S/C23H33N5O4/c1-16(2)13-24-23(30)19-15-28(26-25-19)18-6-5-11-27(14-18)22(29)10-8-17-7-9-20(31-3)21(12-17)32-4/h7,9,12,15-16,18H,5-6,8,10-11,13-14H2,1-4H3,(H,24,30)/t18-/m0/s1. The molecule has 174 valence electrons. The molecule has 1 atom stereocenters. The number of likely N-dealkylation sites (tertiary alicyclic amines) is 1. The van der Waals surface area contributed by atoms with Crippen molar-refractivity contribution in [2.24, 2.45) is 5.92 Å². The second kappa shape index (κ2) is 11.0. The number of aryl methyl sites for hydroxylation is 1. The Bertz CT molecular complexity index is 927. The molecule has 0 spiro atoms. The second-order valence-corrected chi connectivity index (χ2v) is 8.51. The Morgan fingerprint density at radius 2 is 2.00 bits per heavy atom. The Morgan fingerprint density at radius 1 is 1.22 bits per heavy atom. The molecule has 2 aromatic rings. The van der Waals surface area contributed by atoms with Crippen molar-refractivity contribution in [3.05, 3.63) is 35.7 Å². The topological polar surface area (TPSA) is 98.6 Å². The SMILES string of the molecule is COc1ccc(CCC(=O)N2CCC[C@H](n3cc(C(=O)NCC(C)C)nn3)C2)cc1OC. The Labute approximate surface area is 189 Å². The van der Waals surface area contributed by atoms with Crippen molar-refractivity contribution >= 4 is 11.8 Å². The van der Waals surface area contributed by atoms with Crippen molar-refractivity contribution in [2.45, 2.75) is 45.6 Å². The van der Waals surface area contributed by atoms with Crippen LogP contribution in [0.15, 0.2) is 24.4 Å². The van der Waals surface area contributed by atoms with E-state index in [1.807, 2.05) is 36.9 Å². The van der Waals surface area contributed by atoms with Gasteiger partial charge in [-0.25, -0.2) is 4.68 Å². The van der Waals surface area contributed by atoms with E-state index >= 15 is 0 Å². The number of methoxy groups -OCH3 is 2. The molecule has 9 nitrogen and oxygen atoms in total. The van der Waals surface area contributed by atoms with E-state index in [2.05, 4.69) is 15.6 Å². The first kappa shape index (κ1) is 23.6. The molecule has 1 saturated heterocycles. The number of hydrogen-bond donors (Lipinski definition) is 1. The van der Waals surface area contributed by atoms with Crippen molar-refractivity contribution in [1.82, 2.24) is 25.2 Å². The van der Waals surface area contributed by atoms with Crippen LogP contribution in [0.2, 0.25) is 0 Å². The lowest BCUT2D eigenvalue weighted by Crippen LogP contribution is -2.41. The normalized spacial score (nSPS) is 16.2. The summed E-state index contributed by atoms with van der Waals surface area (Å²) in [6.07, 6.45) is 4.52. The minimum atomic E-state index is -0.219. The molecule has 1 aliphatic heterocycles. The molecule has 0 saturated carbocycles. The third kappa shape index (κ3) is 5.99. The van der Waals surface area contributed by atoms with Crippen LogP contribution in [0.4, 0.5) is 0 Å². The molecular weight excluding hydrogens is 410 g/mol. The summed E-state index contributed by atoms with van der Waals surface area (Å²) in [5.41, 5.74) is 1.33. The summed E-state index contributed by atoms with van der Waals surface area (Å²) >= 11 is 0. The van der Waals surface area contributed by atoms with Gasteiger partial charge in [0.1, 0.15) is 0 Å². The summed E-state index contributed by atoms with van der Waals surface area (Å²) in [5, 5.41) is 11.0. The predicted octanol–water partition coefficient (Wildman–Crippen LogP) is 2.48. The van der Waals surface area contributed by atoms with Crippen molar-refractivity contribution in [2.75, 3.05) is 33.9 Å². The van der Waals surface area contributed by atoms with Gasteiger partial charge in [-0.15, -0.1) is 5.10 Å². The van der Waals surface area contributed by atoms with Gasteiger partial charge in [0.2, 0.25) is 5.91 Å². The number of benzene rings is 1. The average Bonchev–Trinajstić information content (AvgIpc) is 3.31. The first-order chi connectivity index (χ1) is 15.4. The van der Waals surface area contributed by atoms with Crippen molar-refractivity contribution < 1.29 is 19.1 Å². The number of aromatic nitrogens is 3. The van der Waals surface area contributed by atoms with Gasteiger partial charge in [-0.3, -0.25) is 9.59 Å². The smallest absolute Gasteiger partial charge is 0.273 e. The van der Waals surface area contributed by atoms with Gasteiger partial charge >= 0.3 is 0 Å². The number of ether oxygens (including phenoxy) is 2. The Hall–Kier alpha value is -3.10. The first-order valence-corrected chi connectivity index (χ1v) is 11.1. The van der Waals surface area contributed by atoms with Gasteiger partial charge in [0.25, 0.3) is 5.91 Å². The van der Waals surface area contributed by atoms with Crippen molar-refractivity contribution in [3.63, 3.8) is 0 Å². The Balaban J connectivity index is 1.55. The molecule has 1 aromatic carbocycles. The van der Waals surface area contributed by atoms with Crippen LogP contribution in [0.5, 0.6) is 11.5 Å². The second-order valence-electron chi connectivity index (χ2n) is 8.51. The summed E-state index contributed by atoms with van der Waals surface area (Å²) < 4.78 is 12.3. The number of carbonyl (C=O) groups excluding carboxylic acids is 2. The van der Waals surface area contributed by atoms with Crippen LogP contribution in [-0.4, -0.2) is 65.6 Å². The van der Waals surface area contributed by atoms with E-state index < -0.39 is 0 Å². The van der Waals surface area contributed by atoms with Crippen LogP contribution < -0.4 is 14.8 Å². The molecule has 1 aliphatic rings. The lowest BCUT2D eigenvalue weighted by molar-refractivity contribution is -0.132.